The summed E-state index contributed by atoms with van der Waals surface area (Å²) in [5.41, 5.74) is 1.85. The molecule has 2 heterocycles. The second-order valence-electron chi connectivity index (χ2n) is 8.67. The average molecular weight is 412 g/mol. The Morgan fingerprint density at radius 2 is 2.07 bits per heavy atom. The number of carbonyl (C=O) groups is 1. The molecule has 2 aromatic heterocycles. The van der Waals surface area contributed by atoms with Crippen LogP contribution in [0.25, 0.3) is 22.4 Å². The summed E-state index contributed by atoms with van der Waals surface area (Å²) < 4.78 is 16.6. The van der Waals surface area contributed by atoms with Crippen LogP contribution in [0.1, 0.15) is 52.3 Å². The highest BCUT2D eigenvalue weighted by Crippen LogP contribution is 2.34. The number of methoxy groups -OCH3 is 1. The first-order valence-corrected chi connectivity index (χ1v) is 10.3. The molecule has 0 saturated heterocycles. The number of imidazole rings is 1. The molecule has 0 unspecified atom stereocenters. The number of nitrogens with zero attached hydrogens (tertiary/aromatic N) is 3. The van der Waals surface area contributed by atoms with Gasteiger partial charge in [-0.1, -0.05) is 12.8 Å². The van der Waals surface area contributed by atoms with Crippen LogP contribution in [0.3, 0.4) is 0 Å². The molecule has 1 saturated carbocycles. The predicted octanol–water partition coefficient (Wildman–Crippen LogP) is 4.91. The van der Waals surface area contributed by atoms with Gasteiger partial charge in [0.15, 0.2) is 12.2 Å². The maximum absolute atomic E-state index is 12.9. The fourth-order valence-electron chi connectivity index (χ4n) is 3.92. The smallest absolute Gasteiger partial charge is 0.410 e. The Kier molecular flexibility index (Phi) is 5.40. The SMILES string of the molecule is COc1cc2nc(CN(C(=O)OC(C)(C)C)C3CCCC3)[nH]c2cc1-c1cnco1. The molecule has 3 aromatic rings. The summed E-state index contributed by atoms with van der Waals surface area (Å²) in [6.45, 7) is 6.02. The van der Waals surface area contributed by atoms with Crippen LogP contribution in [-0.4, -0.2) is 44.7 Å². The Morgan fingerprint density at radius 3 is 2.70 bits per heavy atom. The summed E-state index contributed by atoms with van der Waals surface area (Å²) in [6, 6.07) is 3.96. The normalized spacial score (nSPS) is 14.9. The van der Waals surface area contributed by atoms with Gasteiger partial charge in [0.25, 0.3) is 0 Å². The van der Waals surface area contributed by atoms with Crippen LogP contribution in [0.5, 0.6) is 5.75 Å². The van der Waals surface area contributed by atoms with Crippen molar-refractivity contribution in [1.29, 1.82) is 0 Å². The summed E-state index contributed by atoms with van der Waals surface area (Å²) >= 11 is 0. The van der Waals surface area contributed by atoms with Gasteiger partial charge in [-0.3, -0.25) is 4.90 Å². The molecule has 1 amide bonds. The van der Waals surface area contributed by atoms with Crippen molar-refractivity contribution in [2.24, 2.45) is 0 Å². The van der Waals surface area contributed by atoms with E-state index in [-0.39, 0.29) is 12.1 Å². The van der Waals surface area contributed by atoms with Gasteiger partial charge in [-0.05, 0) is 39.7 Å². The van der Waals surface area contributed by atoms with Crippen molar-refractivity contribution in [1.82, 2.24) is 19.9 Å². The molecule has 0 spiro atoms. The van der Waals surface area contributed by atoms with E-state index < -0.39 is 5.60 Å². The molecule has 0 atom stereocenters. The van der Waals surface area contributed by atoms with E-state index in [1.165, 1.54) is 6.39 Å². The lowest BCUT2D eigenvalue weighted by atomic mass is 10.1. The van der Waals surface area contributed by atoms with Crippen LogP contribution in [-0.2, 0) is 11.3 Å². The van der Waals surface area contributed by atoms with E-state index in [0.29, 0.717) is 23.9 Å². The molecule has 0 bridgehead atoms. The molecule has 1 aromatic carbocycles. The zero-order valence-electron chi connectivity index (χ0n) is 17.9. The number of aromatic nitrogens is 3. The molecule has 1 aliphatic carbocycles. The molecule has 8 nitrogen and oxygen atoms in total. The number of benzene rings is 1. The minimum absolute atomic E-state index is 0.173. The van der Waals surface area contributed by atoms with E-state index >= 15 is 0 Å². The molecular formula is C22H28N4O4. The lowest BCUT2D eigenvalue weighted by Gasteiger charge is -2.31. The molecule has 30 heavy (non-hydrogen) atoms. The minimum atomic E-state index is -0.541. The quantitative estimate of drug-likeness (QED) is 0.640. The third-order valence-electron chi connectivity index (χ3n) is 5.26. The number of amides is 1. The first kappa shape index (κ1) is 20.3. The molecule has 4 rings (SSSR count). The van der Waals surface area contributed by atoms with Crippen molar-refractivity contribution in [2.45, 2.75) is 64.6 Å². The van der Waals surface area contributed by atoms with Gasteiger partial charge < -0.3 is 18.9 Å². The molecular weight excluding hydrogens is 384 g/mol. The number of fused-ring (bicyclic) bond motifs is 1. The monoisotopic (exact) mass is 412 g/mol. The third kappa shape index (κ3) is 4.27. The van der Waals surface area contributed by atoms with Crippen molar-refractivity contribution >= 4 is 17.1 Å². The Labute approximate surface area is 175 Å². The van der Waals surface area contributed by atoms with Crippen LogP contribution in [0.4, 0.5) is 4.79 Å². The summed E-state index contributed by atoms with van der Waals surface area (Å²) in [5, 5.41) is 0. The number of nitrogens with one attached hydrogen (secondary N) is 1. The van der Waals surface area contributed by atoms with Crippen LogP contribution in [0.15, 0.2) is 29.1 Å². The summed E-state index contributed by atoms with van der Waals surface area (Å²) in [5.74, 6) is 1.97. The number of ether oxygens (including phenoxy) is 2. The second kappa shape index (κ2) is 8.01. The highest BCUT2D eigenvalue weighted by atomic mass is 16.6. The standard InChI is InChI=1S/C22H28N4O4/c1-22(2,3)30-21(27)26(14-7-5-6-8-14)12-20-24-16-9-15(19-11-23-13-29-19)18(28-4)10-17(16)25-20/h9-11,13-14H,5-8,12H2,1-4H3,(H,24,25). The number of oxazole rings is 1. The number of hydrogen-bond acceptors (Lipinski definition) is 6. The van der Waals surface area contributed by atoms with Crippen molar-refractivity contribution in [3.63, 3.8) is 0 Å². The van der Waals surface area contributed by atoms with Gasteiger partial charge in [0.05, 0.1) is 36.4 Å². The van der Waals surface area contributed by atoms with E-state index in [1.807, 2.05) is 37.8 Å². The summed E-state index contributed by atoms with van der Waals surface area (Å²) in [6.07, 6.45) is 6.97. The van der Waals surface area contributed by atoms with Crippen LogP contribution in [0.2, 0.25) is 0 Å². The van der Waals surface area contributed by atoms with E-state index in [0.717, 1.165) is 42.3 Å². The topological polar surface area (TPSA) is 93.5 Å². The van der Waals surface area contributed by atoms with E-state index in [9.17, 15) is 4.79 Å². The fraction of sp³-hybridized carbons (Fsp3) is 0.500. The Hall–Kier alpha value is -3.03. The first-order valence-electron chi connectivity index (χ1n) is 10.3. The van der Waals surface area contributed by atoms with Crippen molar-refractivity contribution in [3.05, 3.63) is 30.5 Å². The van der Waals surface area contributed by atoms with Gasteiger partial charge >= 0.3 is 6.09 Å². The lowest BCUT2D eigenvalue weighted by molar-refractivity contribution is 0.0139. The van der Waals surface area contributed by atoms with Crippen molar-refractivity contribution in [2.75, 3.05) is 7.11 Å². The Balaban J connectivity index is 1.64. The van der Waals surface area contributed by atoms with E-state index in [2.05, 4.69) is 9.97 Å². The molecule has 1 aliphatic rings. The Morgan fingerprint density at radius 1 is 1.30 bits per heavy atom. The molecule has 8 heteroatoms. The number of rotatable bonds is 5. The lowest BCUT2D eigenvalue weighted by Crippen LogP contribution is -2.42. The summed E-state index contributed by atoms with van der Waals surface area (Å²) in [7, 11) is 1.61. The van der Waals surface area contributed by atoms with Crippen LogP contribution in [0, 0.1) is 0 Å². The third-order valence-corrected chi connectivity index (χ3v) is 5.26. The zero-order chi connectivity index (χ0) is 21.3. The van der Waals surface area contributed by atoms with Crippen molar-refractivity contribution < 1.29 is 18.7 Å². The minimum Gasteiger partial charge on any atom is -0.496 e. The number of carbonyl (C=O) groups excluding carboxylic acids is 1. The van der Waals surface area contributed by atoms with Gasteiger partial charge in [0, 0.05) is 12.1 Å². The zero-order valence-corrected chi connectivity index (χ0v) is 17.9. The van der Waals surface area contributed by atoms with Gasteiger partial charge in [0.1, 0.15) is 17.2 Å². The first-order chi connectivity index (χ1) is 14.3. The maximum Gasteiger partial charge on any atom is 0.410 e. The molecule has 0 aliphatic heterocycles. The molecule has 1 fully saturated rings. The molecule has 0 radical (unpaired) electrons. The summed E-state index contributed by atoms with van der Waals surface area (Å²) in [4.78, 5) is 26.7. The van der Waals surface area contributed by atoms with E-state index in [1.54, 1.807) is 13.3 Å². The van der Waals surface area contributed by atoms with Gasteiger partial charge in [-0.2, -0.15) is 0 Å². The van der Waals surface area contributed by atoms with Crippen LogP contribution < -0.4 is 4.74 Å². The largest absolute Gasteiger partial charge is 0.496 e. The molecule has 160 valence electrons. The number of aromatic amines is 1. The number of hydrogen-bond donors (Lipinski definition) is 1. The predicted molar refractivity (Wildman–Crippen MR) is 112 cm³/mol. The van der Waals surface area contributed by atoms with Crippen molar-refractivity contribution in [3.8, 4) is 17.1 Å². The van der Waals surface area contributed by atoms with E-state index in [4.69, 9.17) is 18.9 Å². The highest BCUT2D eigenvalue weighted by Gasteiger charge is 2.31. The molecule has 1 N–H and O–H groups in total. The Bertz CT molecular complexity index is 1010. The second-order valence-corrected chi connectivity index (χ2v) is 8.67. The maximum atomic E-state index is 12.9. The highest BCUT2D eigenvalue weighted by molar-refractivity contribution is 5.85. The van der Waals surface area contributed by atoms with Gasteiger partial charge in [-0.25, -0.2) is 14.8 Å². The average Bonchev–Trinajstić information content (AvgIpc) is 3.44. The van der Waals surface area contributed by atoms with Gasteiger partial charge in [-0.15, -0.1) is 0 Å². The van der Waals surface area contributed by atoms with Gasteiger partial charge in [0.2, 0.25) is 0 Å². The van der Waals surface area contributed by atoms with Crippen LogP contribution >= 0.6 is 0 Å². The fourth-order valence-corrected chi connectivity index (χ4v) is 3.92. The number of H-pyrrole nitrogens is 1.